The van der Waals surface area contributed by atoms with E-state index in [4.69, 9.17) is 4.74 Å². The smallest absolute Gasteiger partial charge is 0.256 e. The number of hydrogen-bond acceptors (Lipinski definition) is 4. The van der Waals surface area contributed by atoms with E-state index in [-0.39, 0.29) is 5.91 Å². The van der Waals surface area contributed by atoms with Gasteiger partial charge in [-0.2, -0.15) is 5.10 Å². The highest BCUT2D eigenvalue weighted by molar-refractivity contribution is 6.04. The molecule has 0 spiro atoms. The van der Waals surface area contributed by atoms with Crippen LogP contribution in [0.15, 0.2) is 79.1 Å². The Kier molecular flexibility index (Phi) is 5.57. The number of pyridine rings is 1. The molecule has 2 aromatic heterocycles. The highest BCUT2D eigenvalue weighted by atomic mass is 16.5. The molecule has 0 atom stereocenters. The van der Waals surface area contributed by atoms with Crippen LogP contribution in [0.25, 0.3) is 5.69 Å². The van der Waals surface area contributed by atoms with Gasteiger partial charge in [0.15, 0.2) is 0 Å². The van der Waals surface area contributed by atoms with Crippen LogP contribution in [-0.2, 0) is 6.61 Å². The Balaban J connectivity index is 1.49. The Bertz CT molecular complexity index is 1150. The second kappa shape index (κ2) is 8.61. The Morgan fingerprint density at radius 1 is 1.00 bits per heavy atom. The fraction of sp³-hybridized carbons (Fsp3) is 0.125. The molecule has 2 aromatic carbocycles. The highest BCUT2D eigenvalue weighted by Crippen LogP contribution is 2.20. The molecule has 30 heavy (non-hydrogen) atoms. The minimum Gasteiger partial charge on any atom is -0.487 e. The molecule has 6 heteroatoms. The molecule has 0 unspecified atom stereocenters. The summed E-state index contributed by atoms with van der Waals surface area (Å²) < 4.78 is 7.50. The monoisotopic (exact) mass is 398 g/mol. The second-order valence-corrected chi connectivity index (χ2v) is 7.00. The number of rotatable bonds is 6. The summed E-state index contributed by atoms with van der Waals surface area (Å²) in [6.07, 6.45) is 3.43. The van der Waals surface area contributed by atoms with Crippen molar-refractivity contribution in [1.29, 1.82) is 0 Å². The van der Waals surface area contributed by atoms with Gasteiger partial charge in [0.25, 0.3) is 5.91 Å². The van der Waals surface area contributed by atoms with Crippen molar-refractivity contribution in [2.45, 2.75) is 20.5 Å². The lowest BCUT2D eigenvalue weighted by Crippen LogP contribution is -2.16. The number of para-hydroxylation sites is 1. The maximum atomic E-state index is 12.9. The summed E-state index contributed by atoms with van der Waals surface area (Å²) in [5.41, 5.74) is 4.16. The quantitative estimate of drug-likeness (QED) is 0.510. The molecule has 6 nitrogen and oxygen atoms in total. The van der Waals surface area contributed by atoms with Crippen LogP contribution in [0.2, 0.25) is 0 Å². The van der Waals surface area contributed by atoms with Crippen molar-refractivity contribution in [3.8, 4) is 11.4 Å². The second-order valence-electron chi connectivity index (χ2n) is 7.00. The van der Waals surface area contributed by atoms with Crippen LogP contribution in [-0.4, -0.2) is 20.7 Å². The Labute approximate surface area is 175 Å². The molecule has 2 heterocycles. The number of aromatic nitrogens is 3. The molecule has 0 aliphatic carbocycles. The van der Waals surface area contributed by atoms with Gasteiger partial charge in [0, 0.05) is 16.8 Å². The van der Waals surface area contributed by atoms with Crippen LogP contribution in [0.5, 0.6) is 5.75 Å². The zero-order chi connectivity index (χ0) is 20.9. The number of nitrogens with one attached hydrogen (secondary N) is 1. The van der Waals surface area contributed by atoms with E-state index < -0.39 is 0 Å². The van der Waals surface area contributed by atoms with Gasteiger partial charge in [-0.1, -0.05) is 30.3 Å². The van der Waals surface area contributed by atoms with Crippen LogP contribution in [0.3, 0.4) is 0 Å². The third kappa shape index (κ3) is 4.38. The molecule has 0 aliphatic rings. The molecule has 1 N–H and O–H groups in total. The van der Waals surface area contributed by atoms with E-state index in [9.17, 15) is 4.79 Å². The van der Waals surface area contributed by atoms with E-state index in [1.165, 1.54) is 0 Å². The summed E-state index contributed by atoms with van der Waals surface area (Å²) >= 11 is 0. The zero-order valence-corrected chi connectivity index (χ0v) is 16.9. The first-order valence-corrected chi connectivity index (χ1v) is 9.66. The van der Waals surface area contributed by atoms with Gasteiger partial charge in [0.1, 0.15) is 18.2 Å². The van der Waals surface area contributed by atoms with Crippen molar-refractivity contribution in [1.82, 2.24) is 14.8 Å². The number of carbonyl (C=O) groups is 1. The fourth-order valence-corrected chi connectivity index (χ4v) is 3.04. The molecule has 0 radical (unpaired) electrons. The molecule has 0 bridgehead atoms. The van der Waals surface area contributed by atoms with E-state index in [0.29, 0.717) is 23.7 Å². The first kappa shape index (κ1) is 19.4. The van der Waals surface area contributed by atoms with Crippen molar-refractivity contribution < 1.29 is 9.53 Å². The first-order valence-electron chi connectivity index (χ1n) is 9.66. The summed E-state index contributed by atoms with van der Waals surface area (Å²) in [7, 11) is 0. The van der Waals surface area contributed by atoms with Crippen LogP contribution >= 0.6 is 0 Å². The van der Waals surface area contributed by atoms with Crippen molar-refractivity contribution in [2.75, 3.05) is 5.32 Å². The van der Waals surface area contributed by atoms with Gasteiger partial charge in [0.2, 0.25) is 0 Å². The third-order valence-electron chi connectivity index (χ3n) is 4.66. The number of nitrogens with zero attached hydrogens (tertiary/aromatic N) is 3. The molecule has 4 aromatic rings. The van der Waals surface area contributed by atoms with Gasteiger partial charge in [-0.05, 0) is 55.8 Å². The maximum absolute atomic E-state index is 12.9. The van der Waals surface area contributed by atoms with Gasteiger partial charge >= 0.3 is 0 Å². The number of benzene rings is 2. The van der Waals surface area contributed by atoms with Gasteiger partial charge in [-0.15, -0.1) is 0 Å². The Hall–Kier alpha value is -3.93. The predicted molar refractivity (Wildman–Crippen MR) is 116 cm³/mol. The molecular formula is C24H22N4O2. The lowest BCUT2D eigenvalue weighted by Gasteiger charge is -2.11. The number of aryl methyl sites for hydroxylation is 2. The summed E-state index contributed by atoms with van der Waals surface area (Å²) in [4.78, 5) is 17.1. The SMILES string of the molecule is Cc1ccc(OCc2cccc(C(=O)Nc3c(C)cnn3-c3ccccc3)c2)cn1. The van der Waals surface area contributed by atoms with E-state index >= 15 is 0 Å². The van der Waals surface area contributed by atoms with E-state index in [1.807, 2.05) is 74.5 Å². The normalized spacial score (nSPS) is 10.6. The van der Waals surface area contributed by atoms with E-state index in [1.54, 1.807) is 23.1 Å². The summed E-state index contributed by atoms with van der Waals surface area (Å²) in [6.45, 7) is 4.20. The maximum Gasteiger partial charge on any atom is 0.256 e. The van der Waals surface area contributed by atoms with E-state index in [2.05, 4.69) is 15.4 Å². The molecule has 1 amide bonds. The number of ether oxygens (including phenoxy) is 1. The van der Waals surface area contributed by atoms with Crippen LogP contribution in [0.1, 0.15) is 27.2 Å². The molecule has 0 aliphatic heterocycles. The minimum atomic E-state index is -0.199. The zero-order valence-electron chi connectivity index (χ0n) is 16.9. The number of hydrogen-bond donors (Lipinski definition) is 1. The summed E-state index contributed by atoms with van der Waals surface area (Å²) in [5, 5.41) is 7.39. The van der Waals surface area contributed by atoms with Gasteiger partial charge < -0.3 is 10.1 Å². The molecular weight excluding hydrogens is 376 g/mol. The molecule has 4 rings (SSSR count). The Morgan fingerprint density at radius 3 is 2.60 bits per heavy atom. The average molecular weight is 398 g/mol. The third-order valence-corrected chi connectivity index (χ3v) is 4.66. The van der Waals surface area contributed by atoms with Crippen molar-refractivity contribution in [3.05, 3.63) is 102 Å². The predicted octanol–water partition coefficient (Wildman–Crippen LogP) is 4.72. The van der Waals surface area contributed by atoms with Crippen LogP contribution < -0.4 is 10.1 Å². The van der Waals surface area contributed by atoms with Crippen LogP contribution in [0.4, 0.5) is 5.82 Å². The molecule has 0 fully saturated rings. The minimum absolute atomic E-state index is 0.199. The number of anilines is 1. The summed E-state index contributed by atoms with van der Waals surface area (Å²) in [5.74, 6) is 1.14. The number of carbonyl (C=O) groups excluding carboxylic acids is 1. The van der Waals surface area contributed by atoms with Gasteiger partial charge in [-0.25, -0.2) is 4.68 Å². The lowest BCUT2D eigenvalue weighted by molar-refractivity contribution is 0.102. The topological polar surface area (TPSA) is 69.0 Å². The summed E-state index contributed by atoms with van der Waals surface area (Å²) in [6, 6.07) is 20.9. The van der Waals surface area contributed by atoms with Gasteiger partial charge in [0.05, 0.1) is 18.1 Å². The molecule has 0 saturated carbocycles. The number of amides is 1. The first-order chi connectivity index (χ1) is 14.6. The Morgan fingerprint density at radius 2 is 1.83 bits per heavy atom. The lowest BCUT2D eigenvalue weighted by atomic mass is 10.1. The molecule has 150 valence electrons. The molecule has 0 saturated heterocycles. The average Bonchev–Trinajstić information content (AvgIpc) is 3.14. The van der Waals surface area contributed by atoms with Crippen LogP contribution in [0, 0.1) is 13.8 Å². The fourth-order valence-electron chi connectivity index (χ4n) is 3.04. The largest absolute Gasteiger partial charge is 0.487 e. The standard InChI is InChI=1S/C24H22N4O2/c1-17-14-26-28(21-9-4-3-5-10-21)23(17)27-24(29)20-8-6-7-19(13-20)16-30-22-12-11-18(2)25-15-22/h3-15H,16H2,1-2H3,(H,27,29). The highest BCUT2D eigenvalue weighted by Gasteiger charge is 2.14. The van der Waals surface area contributed by atoms with E-state index in [0.717, 1.165) is 22.5 Å². The van der Waals surface area contributed by atoms with Crippen molar-refractivity contribution >= 4 is 11.7 Å². The van der Waals surface area contributed by atoms with Crippen molar-refractivity contribution in [2.24, 2.45) is 0 Å². The van der Waals surface area contributed by atoms with Crippen molar-refractivity contribution in [3.63, 3.8) is 0 Å². The van der Waals surface area contributed by atoms with Gasteiger partial charge in [-0.3, -0.25) is 9.78 Å².